The van der Waals surface area contributed by atoms with Gasteiger partial charge < -0.3 is 10.2 Å². The van der Waals surface area contributed by atoms with Gasteiger partial charge in [0.2, 0.25) is 11.8 Å². The first-order valence-corrected chi connectivity index (χ1v) is 12.7. The van der Waals surface area contributed by atoms with E-state index in [0.717, 1.165) is 11.3 Å². The van der Waals surface area contributed by atoms with Crippen LogP contribution in [-0.2, 0) is 21.9 Å². The quantitative estimate of drug-likeness (QED) is 0.392. The van der Waals surface area contributed by atoms with Gasteiger partial charge in [-0.2, -0.15) is 11.8 Å². The number of carbonyl (C=O) groups is 2. The number of thioether (sulfide) groups is 1. The van der Waals surface area contributed by atoms with Crippen LogP contribution in [0.25, 0.3) is 0 Å². The van der Waals surface area contributed by atoms with Crippen molar-refractivity contribution in [3.63, 3.8) is 0 Å². The highest BCUT2D eigenvalue weighted by molar-refractivity contribution is 7.98. The van der Waals surface area contributed by atoms with Crippen LogP contribution in [0, 0.1) is 0 Å². The second-order valence-corrected chi connectivity index (χ2v) is 10.6. The molecule has 0 aromatic heterocycles. The van der Waals surface area contributed by atoms with E-state index >= 15 is 0 Å². The number of carbonyl (C=O) groups excluding carboxylic acids is 2. The second-order valence-electron chi connectivity index (χ2n) is 8.72. The summed E-state index contributed by atoms with van der Waals surface area (Å²) in [4.78, 5) is 27.9. The monoisotopic (exact) mass is 494 g/mol. The highest BCUT2D eigenvalue weighted by atomic mass is 35.5. The van der Waals surface area contributed by atoms with Gasteiger partial charge in [-0.15, -0.1) is 0 Å². The Morgan fingerprint density at radius 3 is 2.31 bits per heavy atom. The molecule has 0 heterocycles. The highest BCUT2D eigenvalue weighted by Crippen LogP contribution is 2.24. The van der Waals surface area contributed by atoms with Crippen molar-refractivity contribution in [2.24, 2.45) is 0 Å². The maximum absolute atomic E-state index is 13.3. The van der Waals surface area contributed by atoms with E-state index in [9.17, 15) is 9.59 Å². The Labute approximate surface area is 206 Å². The number of nitrogens with zero attached hydrogens (tertiary/aromatic N) is 1. The third-order valence-electron chi connectivity index (χ3n) is 4.79. The van der Waals surface area contributed by atoms with Crippen molar-refractivity contribution in [3.8, 4) is 0 Å². The van der Waals surface area contributed by atoms with Gasteiger partial charge in [0.05, 0.1) is 10.0 Å². The van der Waals surface area contributed by atoms with Crippen molar-refractivity contribution in [2.75, 3.05) is 5.75 Å². The van der Waals surface area contributed by atoms with Gasteiger partial charge in [0, 0.05) is 30.0 Å². The summed E-state index contributed by atoms with van der Waals surface area (Å²) in [5.41, 5.74) is 1.69. The molecule has 2 amide bonds. The van der Waals surface area contributed by atoms with Gasteiger partial charge in [-0.05, 0) is 50.5 Å². The fraction of sp³-hybridized carbons (Fsp3) is 0.440. The van der Waals surface area contributed by atoms with Gasteiger partial charge in [-0.3, -0.25) is 9.59 Å². The molecule has 0 radical (unpaired) electrons. The molecule has 4 nitrogen and oxygen atoms in total. The van der Waals surface area contributed by atoms with Crippen LogP contribution in [0.5, 0.6) is 0 Å². The molecular weight excluding hydrogens is 463 g/mol. The maximum atomic E-state index is 13.3. The third kappa shape index (κ3) is 8.68. The van der Waals surface area contributed by atoms with Crippen LogP contribution in [0.1, 0.15) is 51.7 Å². The molecule has 32 heavy (non-hydrogen) atoms. The minimum absolute atomic E-state index is 0.0486. The molecule has 0 aliphatic heterocycles. The number of amides is 2. The number of benzene rings is 2. The lowest BCUT2D eigenvalue weighted by Crippen LogP contribution is -2.53. The molecule has 0 fully saturated rings. The number of halogens is 2. The summed E-state index contributed by atoms with van der Waals surface area (Å²) in [6.07, 6.45) is 0.879. The Morgan fingerprint density at radius 1 is 1.03 bits per heavy atom. The zero-order chi connectivity index (χ0) is 23.7. The van der Waals surface area contributed by atoms with E-state index in [1.54, 1.807) is 28.8 Å². The summed E-state index contributed by atoms with van der Waals surface area (Å²) in [5.74, 6) is 1.34. The van der Waals surface area contributed by atoms with Crippen molar-refractivity contribution in [2.45, 2.75) is 64.4 Å². The first-order chi connectivity index (χ1) is 15.1. The Bertz CT molecular complexity index is 901. The molecule has 0 unspecified atom stereocenters. The zero-order valence-electron chi connectivity index (χ0n) is 19.2. The number of hydrogen-bond acceptors (Lipinski definition) is 3. The molecule has 1 N–H and O–H groups in total. The lowest BCUT2D eigenvalue weighted by molar-refractivity contribution is -0.141. The summed E-state index contributed by atoms with van der Waals surface area (Å²) < 4.78 is 0. The van der Waals surface area contributed by atoms with Gasteiger partial charge in [-0.1, -0.05) is 66.5 Å². The molecule has 0 bridgehead atoms. The van der Waals surface area contributed by atoms with E-state index < -0.39 is 6.04 Å². The molecule has 2 aromatic carbocycles. The lowest BCUT2D eigenvalue weighted by atomic mass is 10.1. The number of nitrogens with one attached hydrogen (secondary N) is 1. The van der Waals surface area contributed by atoms with E-state index in [1.165, 1.54) is 5.56 Å². The smallest absolute Gasteiger partial charge is 0.243 e. The Morgan fingerprint density at radius 2 is 1.72 bits per heavy atom. The van der Waals surface area contributed by atoms with Crippen molar-refractivity contribution < 1.29 is 9.59 Å². The van der Waals surface area contributed by atoms with Crippen LogP contribution in [-0.4, -0.2) is 34.0 Å². The van der Waals surface area contributed by atoms with Crippen LogP contribution >= 0.6 is 35.0 Å². The van der Waals surface area contributed by atoms with E-state index in [2.05, 4.69) is 17.4 Å². The molecule has 0 aliphatic carbocycles. The molecule has 174 valence electrons. The molecule has 0 saturated heterocycles. The molecule has 7 heteroatoms. The van der Waals surface area contributed by atoms with E-state index in [0.29, 0.717) is 35.2 Å². The van der Waals surface area contributed by atoms with E-state index in [-0.39, 0.29) is 17.4 Å². The van der Waals surface area contributed by atoms with E-state index in [1.807, 2.05) is 52.0 Å². The van der Waals surface area contributed by atoms with Crippen LogP contribution in [0.4, 0.5) is 0 Å². The molecule has 0 spiro atoms. The van der Waals surface area contributed by atoms with Crippen LogP contribution in [0.3, 0.4) is 0 Å². The van der Waals surface area contributed by atoms with Crippen molar-refractivity contribution in [1.82, 2.24) is 10.2 Å². The first kappa shape index (κ1) is 26.6. The normalized spacial score (nSPS) is 12.3. The van der Waals surface area contributed by atoms with Crippen LogP contribution in [0.2, 0.25) is 10.0 Å². The minimum Gasteiger partial charge on any atom is -0.350 e. The number of hydrogen-bond donors (Lipinski definition) is 1. The van der Waals surface area contributed by atoms with Gasteiger partial charge in [-0.25, -0.2) is 0 Å². The van der Waals surface area contributed by atoms with Crippen molar-refractivity contribution >= 4 is 46.8 Å². The van der Waals surface area contributed by atoms with Crippen LogP contribution < -0.4 is 5.32 Å². The predicted molar refractivity (Wildman–Crippen MR) is 136 cm³/mol. The molecule has 0 aliphatic rings. The molecular formula is C25H32Cl2N2O2S. The van der Waals surface area contributed by atoms with Gasteiger partial charge in [0.1, 0.15) is 6.04 Å². The zero-order valence-corrected chi connectivity index (χ0v) is 21.5. The Balaban J connectivity index is 2.12. The van der Waals surface area contributed by atoms with Crippen LogP contribution in [0.15, 0.2) is 48.5 Å². The summed E-state index contributed by atoms with van der Waals surface area (Å²) in [6, 6.07) is 14.9. The number of rotatable bonds is 10. The SMILES string of the molecule is CC[C@H](C(=O)NC(C)(C)C)N(Cc1ccc(Cl)c(Cl)c1)C(=O)CCSCc1ccccc1. The fourth-order valence-corrected chi connectivity index (χ4v) is 4.49. The summed E-state index contributed by atoms with van der Waals surface area (Å²) >= 11 is 13.9. The lowest BCUT2D eigenvalue weighted by Gasteiger charge is -2.33. The average Bonchev–Trinajstić information content (AvgIpc) is 2.73. The highest BCUT2D eigenvalue weighted by Gasteiger charge is 2.30. The first-order valence-electron chi connectivity index (χ1n) is 10.8. The average molecular weight is 496 g/mol. The largest absolute Gasteiger partial charge is 0.350 e. The third-order valence-corrected chi connectivity index (χ3v) is 6.56. The van der Waals surface area contributed by atoms with Crippen molar-refractivity contribution in [1.29, 1.82) is 0 Å². The van der Waals surface area contributed by atoms with E-state index in [4.69, 9.17) is 23.2 Å². The van der Waals surface area contributed by atoms with Gasteiger partial charge in [0.15, 0.2) is 0 Å². The summed E-state index contributed by atoms with van der Waals surface area (Å²) in [7, 11) is 0. The molecule has 1 atom stereocenters. The van der Waals surface area contributed by atoms with Crippen molar-refractivity contribution in [3.05, 3.63) is 69.7 Å². The Hall–Kier alpha value is -1.69. The second kappa shape index (κ2) is 12.5. The predicted octanol–water partition coefficient (Wildman–Crippen LogP) is 6.34. The van der Waals surface area contributed by atoms with Gasteiger partial charge >= 0.3 is 0 Å². The molecule has 2 aromatic rings. The fourth-order valence-electron chi connectivity index (χ4n) is 3.27. The minimum atomic E-state index is -0.560. The molecule has 0 saturated carbocycles. The summed E-state index contributed by atoms with van der Waals surface area (Å²) in [6.45, 7) is 8.02. The van der Waals surface area contributed by atoms with Gasteiger partial charge in [0.25, 0.3) is 0 Å². The topological polar surface area (TPSA) is 49.4 Å². The molecule has 2 rings (SSSR count). The summed E-state index contributed by atoms with van der Waals surface area (Å²) in [5, 5.41) is 3.91. The standard InChI is InChI=1S/C25H32Cl2N2O2S/c1-5-22(24(31)28-25(2,3)4)29(16-19-11-12-20(26)21(27)15-19)23(30)13-14-32-17-18-9-7-6-8-10-18/h6-12,15,22H,5,13-14,16-17H2,1-4H3,(H,28,31)/t22-/m1/s1. The Kier molecular flexibility index (Phi) is 10.4. The maximum Gasteiger partial charge on any atom is 0.243 e.